The van der Waals surface area contributed by atoms with Gasteiger partial charge >= 0.3 is 0 Å². The Balaban J connectivity index is 2.19. The molecule has 0 aliphatic rings. The number of ether oxygens (including phenoxy) is 1. The number of benzene rings is 2. The number of nitrogens with zero attached hydrogens (tertiary/aromatic N) is 1. The van der Waals surface area contributed by atoms with Crippen LogP contribution in [0.25, 0.3) is 0 Å². The lowest BCUT2D eigenvalue weighted by Crippen LogP contribution is -2.50. The maximum Gasteiger partial charge on any atom is 0.261 e. The van der Waals surface area contributed by atoms with Crippen molar-refractivity contribution in [2.75, 3.05) is 6.61 Å². The van der Waals surface area contributed by atoms with E-state index in [1.54, 1.807) is 11.8 Å². The zero-order valence-corrected chi connectivity index (χ0v) is 20.2. The Morgan fingerprint density at radius 3 is 2.27 bits per heavy atom. The molecule has 1 atom stereocenters. The lowest BCUT2D eigenvalue weighted by molar-refractivity contribution is -0.142. The second kappa shape index (κ2) is 10.6. The molecule has 2 rings (SSSR count). The van der Waals surface area contributed by atoms with Crippen LogP contribution in [0.4, 0.5) is 0 Å². The fourth-order valence-electron chi connectivity index (χ4n) is 3.21. The molecular formula is C24H31BrN2O3. The number of amides is 2. The van der Waals surface area contributed by atoms with Crippen molar-refractivity contribution >= 4 is 27.7 Å². The first-order valence-electron chi connectivity index (χ1n) is 10.1. The Bertz CT molecular complexity index is 888. The number of halogens is 1. The molecule has 0 aliphatic heterocycles. The largest absolute Gasteiger partial charge is 0.484 e. The minimum atomic E-state index is -0.614. The van der Waals surface area contributed by atoms with Gasteiger partial charge in [0.15, 0.2) is 6.61 Å². The zero-order chi connectivity index (χ0) is 22.4. The molecule has 0 aromatic heterocycles. The average Bonchev–Trinajstić information content (AvgIpc) is 2.67. The van der Waals surface area contributed by atoms with E-state index in [1.807, 2.05) is 71.0 Å². The van der Waals surface area contributed by atoms with Gasteiger partial charge in [0, 0.05) is 17.1 Å². The first-order valence-corrected chi connectivity index (χ1v) is 10.9. The molecule has 0 saturated heterocycles. The van der Waals surface area contributed by atoms with Crippen LogP contribution >= 0.6 is 15.9 Å². The first-order chi connectivity index (χ1) is 14.1. The van der Waals surface area contributed by atoms with Crippen LogP contribution in [0.15, 0.2) is 40.9 Å². The van der Waals surface area contributed by atoms with Crippen molar-refractivity contribution in [3.63, 3.8) is 0 Å². The molecule has 2 aromatic rings. The quantitative estimate of drug-likeness (QED) is 0.603. The van der Waals surface area contributed by atoms with Crippen molar-refractivity contribution in [2.24, 2.45) is 0 Å². The van der Waals surface area contributed by atoms with Gasteiger partial charge in [0.1, 0.15) is 11.8 Å². The van der Waals surface area contributed by atoms with Gasteiger partial charge in [0.05, 0.1) is 0 Å². The van der Waals surface area contributed by atoms with Crippen LogP contribution in [-0.4, -0.2) is 35.4 Å². The number of rotatable bonds is 8. The van der Waals surface area contributed by atoms with Gasteiger partial charge < -0.3 is 15.0 Å². The predicted molar refractivity (Wildman–Crippen MR) is 124 cm³/mol. The van der Waals surface area contributed by atoms with Crippen LogP contribution in [0, 0.1) is 20.8 Å². The highest BCUT2D eigenvalue weighted by Gasteiger charge is 2.27. The molecule has 0 fully saturated rings. The van der Waals surface area contributed by atoms with Crippen molar-refractivity contribution in [1.82, 2.24) is 10.2 Å². The molecule has 0 radical (unpaired) electrons. The molecule has 30 heavy (non-hydrogen) atoms. The molecular weight excluding hydrogens is 444 g/mol. The third-order valence-electron chi connectivity index (χ3n) is 4.81. The standard InChI is InChI=1S/C24H31BrN2O3/c1-15(2)26-24(29)19(6)27(13-20-9-7-8-16(3)10-20)22(28)14-30-21-11-17(4)23(25)18(5)12-21/h7-12,15,19H,13-14H2,1-6H3,(H,26,29). The van der Waals surface area contributed by atoms with Crippen LogP contribution in [0.1, 0.15) is 43.0 Å². The molecule has 0 aliphatic carbocycles. The Labute approximate surface area is 187 Å². The lowest BCUT2D eigenvalue weighted by atomic mass is 10.1. The highest BCUT2D eigenvalue weighted by molar-refractivity contribution is 9.10. The van der Waals surface area contributed by atoms with Crippen molar-refractivity contribution < 1.29 is 14.3 Å². The van der Waals surface area contributed by atoms with Gasteiger partial charge in [-0.2, -0.15) is 0 Å². The van der Waals surface area contributed by atoms with E-state index in [2.05, 4.69) is 21.2 Å². The predicted octanol–water partition coefficient (Wildman–Crippen LogP) is 4.70. The third kappa shape index (κ3) is 6.59. The SMILES string of the molecule is Cc1cccc(CN(C(=O)COc2cc(C)c(Br)c(C)c2)C(C)C(=O)NC(C)C)c1. The smallest absolute Gasteiger partial charge is 0.261 e. The number of nitrogens with one attached hydrogen (secondary N) is 1. The second-order valence-electron chi connectivity index (χ2n) is 8.01. The molecule has 6 heteroatoms. The fraction of sp³-hybridized carbons (Fsp3) is 0.417. The summed E-state index contributed by atoms with van der Waals surface area (Å²) in [5.74, 6) is 0.221. The molecule has 162 valence electrons. The molecule has 0 heterocycles. The van der Waals surface area contributed by atoms with E-state index in [1.165, 1.54) is 0 Å². The summed E-state index contributed by atoms with van der Waals surface area (Å²) in [4.78, 5) is 27.3. The number of carbonyl (C=O) groups is 2. The maximum absolute atomic E-state index is 13.1. The molecule has 5 nitrogen and oxygen atoms in total. The van der Waals surface area contributed by atoms with E-state index in [4.69, 9.17) is 4.74 Å². The third-order valence-corrected chi connectivity index (χ3v) is 6.06. The fourth-order valence-corrected chi connectivity index (χ4v) is 3.44. The Morgan fingerprint density at radius 1 is 1.07 bits per heavy atom. The minimum absolute atomic E-state index is 0.000776. The van der Waals surface area contributed by atoms with E-state index in [-0.39, 0.29) is 24.5 Å². The Hall–Kier alpha value is -2.34. The number of carbonyl (C=O) groups excluding carboxylic acids is 2. The minimum Gasteiger partial charge on any atom is -0.484 e. The van der Waals surface area contributed by atoms with Crippen molar-refractivity contribution in [2.45, 2.75) is 60.2 Å². The summed E-state index contributed by atoms with van der Waals surface area (Å²) >= 11 is 3.54. The van der Waals surface area contributed by atoms with E-state index in [0.29, 0.717) is 12.3 Å². The van der Waals surface area contributed by atoms with Gasteiger partial charge in [-0.25, -0.2) is 0 Å². The average molecular weight is 475 g/mol. The van der Waals surface area contributed by atoms with Crippen molar-refractivity contribution in [3.8, 4) is 5.75 Å². The van der Waals surface area contributed by atoms with E-state index in [0.717, 1.165) is 26.7 Å². The molecule has 1 N–H and O–H groups in total. The highest BCUT2D eigenvalue weighted by Crippen LogP contribution is 2.26. The van der Waals surface area contributed by atoms with Crippen LogP contribution in [0.3, 0.4) is 0 Å². The van der Waals surface area contributed by atoms with Gasteiger partial charge in [-0.05, 0) is 70.4 Å². The molecule has 0 bridgehead atoms. The van der Waals surface area contributed by atoms with E-state index >= 15 is 0 Å². The summed E-state index contributed by atoms with van der Waals surface area (Å²) in [6.07, 6.45) is 0. The number of hydrogen-bond acceptors (Lipinski definition) is 3. The van der Waals surface area contributed by atoms with Gasteiger partial charge in [-0.15, -0.1) is 0 Å². The van der Waals surface area contributed by atoms with Gasteiger partial charge in [0.25, 0.3) is 5.91 Å². The molecule has 1 unspecified atom stereocenters. The maximum atomic E-state index is 13.1. The van der Waals surface area contributed by atoms with E-state index in [9.17, 15) is 9.59 Å². The lowest BCUT2D eigenvalue weighted by Gasteiger charge is -2.29. The van der Waals surface area contributed by atoms with Crippen LogP contribution in [0.5, 0.6) is 5.75 Å². The van der Waals surface area contributed by atoms with Crippen molar-refractivity contribution in [3.05, 3.63) is 63.1 Å². The summed E-state index contributed by atoms with van der Waals surface area (Å²) in [7, 11) is 0. The number of aryl methyl sites for hydroxylation is 3. The molecule has 0 saturated carbocycles. The van der Waals surface area contributed by atoms with Gasteiger partial charge in [-0.1, -0.05) is 45.8 Å². The van der Waals surface area contributed by atoms with Crippen LogP contribution < -0.4 is 10.1 Å². The van der Waals surface area contributed by atoms with Crippen LogP contribution in [-0.2, 0) is 16.1 Å². The summed E-state index contributed by atoms with van der Waals surface area (Å²) in [5.41, 5.74) is 4.16. The number of hydrogen-bond donors (Lipinski definition) is 1. The van der Waals surface area contributed by atoms with Crippen molar-refractivity contribution in [1.29, 1.82) is 0 Å². The summed E-state index contributed by atoms with van der Waals surface area (Å²) < 4.78 is 6.82. The molecule has 2 amide bonds. The summed E-state index contributed by atoms with van der Waals surface area (Å²) in [6, 6.07) is 11.1. The normalized spacial score (nSPS) is 11.9. The second-order valence-corrected chi connectivity index (χ2v) is 8.80. The van der Waals surface area contributed by atoms with E-state index < -0.39 is 6.04 Å². The zero-order valence-electron chi connectivity index (χ0n) is 18.6. The summed E-state index contributed by atoms with van der Waals surface area (Å²) in [6.45, 7) is 11.7. The highest BCUT2D eigenvalue weighted by atomic mass is 79.9. The van der Waals surface area contributed by atoms with Gasteiger partial charge in [0.2, 0.25) is 5.91 Å². The topological polar surface area (TPSA) is 58.6 Å². The first kappa shape index (κ1) is 23.9. The molecule has 2 aromatic carbocycles. The van der Waals surface area contributed by atoms with Crippen LogP contribution in [0.2, 0.25) is 0 Å². The Kier molecular flexibility index (Phi) is 8.47. The monoisotopic (exact) mass is 474 g/mol. The molecule has 0 spiro atoms. The van der Waals surface area contributed by atoms with Gasteiger partial charge in [-0.3, -0.25) is 9.59 Å². The summed E-state index contributed by atoms with van der Waals surface area (Å²) in [5, 5.41) is 2.89. The Morgan fingerprint density at radius 2 is 1.70 bits per heavy atom.